The van der Waals surface area contributed by atoms with Crippen LogP contribution in [0.15, 0.2) is 42.5 Å². The number of carbonyl (C=O) groups is 1. The predicted molar refractivity (Wildman–Crippen MR) is 107 cm³/mol. The van der Waals surface area contributed by atoms with Crippen molar-refractivity contribution < 1.29 is 33.3 Å². The number of carbonyl (C=O) groups excluding carboxylic acids is 1. The number of nitrogens with one attached hydrogen (secondary N) is 1. The van der Waals surface area contributed by atoms with E-state index in [1.165, 1.54) is 12.2 Å². The molecule has 0 saturated carbocycles. The first-order chi connectivity index (χ1) is 12.4. The van der Waals surface area contributed by atoms with Gasteiger partial charge in [0.05, 0.1) is 33.2 Å². The van der Waals surface area contributed by atoms with E-state index in [0.29, 0.717) is 17.4 Å². The lowest BCUT2D eigenvalue weighted by Crippen LogP contribution is -3.00. The molecular formula is C21H29IN4O. The minimum Gasteiger partial charge on any atom is -1.00 e. The topological polar surface area (TPSA) is 45.2 Å². The van der Waals surface area contributed by atoms with E-state index in [1.54, 1.807) is 6.07 Å². The van der Waals surface area contributed by atoms with Gasteiger partial charge in [0.25, 0.3) is 5.91 Å². The van der Waals surface area contributed by atoms with E-state index in [0.717, 1.165) is 29.8 Å². The second-order valence-electron chi connectivity index (χ2n) is 7.48. The third-order valence-electron chi connectivity index (χ3n) is 5.78. The van der Waals surface area contributed by atoms with Crippen LogP contribution in [0.1, 0.15) is 29.9 Å². The van der Waals surface area contributed by atoms with Gasteiger partial charge in [0.2, 0.25) is 0 Å². The van der Waals surface area contributed by atoms with Crippen LogP contribution in [0.25, 0.3) is 0 Å². The van der Waals surface area contributed by atoms with Crippen molar-refractivity contribution in [3.05, 3.63) is 53.7 Å². The summed E-state index contributed by atoms with van der Waals surface area (Å²) >= 11 is 0. The van der Waals surface area contributed by atoms with Crippen LogP contribution in [0.2, 0.25) is 0 Å². The number of aryl methyl sites for hydroxylation is 1. The molecule has 1 N–H and O–H groups in total. The highest BCUT2D eigenvalue weighted by atomic mass is 127. The number of amides is 1. The number of anilines is 2. The van der Waals surface area contributed by atoms with Crippen molar-refractivity contribution >= 4 is 17.4 Å². The van der Waals surface area contributed by atoms with Crippen LogP contribution in [-0.2, 0) is 0 Å². The zero-order chi connectivity index (χ0) is 18.7. The Balaban J connectivity index is 0.00000261. The van der Waals surface area contributed by atoms with E-state index in [1.807, 2.05) is 43.3 Å². The van der Waals surface area contributed by atoms with E-state index in [9.17, 15) is 4.79 Å². The van der Waals surface area contributed by atoms with Gasteiger partial charge in [-0.3, -0.25) is 4.79 Å². The third kappa shape index (κ3) is 4.99. The maximum atomic E-state index is 12.4. The highest BCUT2D eigenvalue weighted by Gasteiger charge is 2.34. The SMILES string of the molecule is CC[N+]1(C)CCN(c2ccc(C(=O)Nc3cccc(C)n3)cc2)C[C@H]1C.[I-]. The van der Waals surface area contributed by atoms with Gasteiger partial charge in [-0.25, -0.2) is 4.98 Å². The molecule has 1 saturated heterocycles. The number of rotatable bonds is 4. The second kappa shape index (κ2) is 9.01. The summed E-state index contributed by atoms with van der Waals surface area (Å²) in [6.07, 6.45) is 0. The van der Waals surface area contributed by atoms with Gasteiger partial charge >= 0.3 is 0 Å². The summed E-state index contributed by atoms with van der Waals surface area (Å²) in [5.41, 5.74) is 2.72. The van der Waals surface area contributed by atoms with E-state index < -0.39 is 0 Å². The maximum absolute atomic E-state index is 12.4. The average molecular weight is 480 g/mol. The number of hydrogen-bond donors (Lipinski definition) is 1. The van der Waals surface area contributed by atoms with Gasteiger partial charge in [0.1, 0.15) is 11.9 Å². The number of piperazine rings is 1. The largest absolute Gasteiger partial charge is 1.00 e. The molecule has 1 aromatic carbocycles. The monoisotopic (exact) mass is 480 g/mol. The van der Waals surface area contributed by atoms with Crippen molar-refractivity contribution in [2.75, 3.05) is 43.4 Å². The molecule has 2 aromatic rings. The third-order valence-corrected chi connectivity index (χ3v) is 5.78. The lowest BCUT2D eigenvalue weighted by atomic mass is 10.1. The highest BCUT2D eigenvalue weighted by molar-refractivity contribution is 6.03. The molecule has 0 radical (unpaired) electrons. The number of benzene rings is 1. The first-order valence-electron chi connectivity index (χ1n) is 9.35. The molecule has 2 atom stereocenters. The zero-order valence-electron chi connectivity index (χ0n) is 16.6. The normalized spacial score (nSPS) is 22.1. The quantitative estimate of drug-likeness (QED) is 0.507. The first kappa shape index (κ1) is 21.6. The zero-order valence-corrected chi connectivity index (χ0v) is 18.7. The van der Waals surface area contributed by atoms with Gasteiger partial charge in [-0.1, -0.05) is 6.07 Å². The van der Waals surface area contributed by atoms with Crippen LogP contribution in [0.4, 0.5) is 11.5 Å². The van der Waals surface area contributed by atoms with Crippen LogP contribution >= 0.6 is 0 Å². The molecule has 1 unspecified atom stereocenters. The minimum atomic E-state index is -0.128. The van der Waals surface area contributed by atoms with E-state index >= 15 is 0 Å². The molecule has 6 heteroatoms. The van der Waals surface area contributed by atoms with E-state index in [2.05, 4.69) is 36.1 Å². The van der Waals surface area contributed by atoms with Crippen molar-refractivity contribution in [2.24, 2.45) is 0 Å². The Labute approximate surface area is 179 Å². The molecule has 0 bridgehead atoms. The molecule has 1 aromatic heterocycles. The summed E-state index contributed by atoms with van der Waals surface area (Å²) in [6, 6.07) is 14.1. The summed E-state index contributed by atoms with van der Waals surface area (Å²) in [5, 5.41) is 2.86. The average Bonchev–Trinajstić information content (AvgIpc) is 2.64. The van der Waals surface area contributed by atoms with Gasteiger partial charge in [-0.05, 0) is 57.2 Å². The summed E-state index contributed by atoms with van der Waals surface area (Å²) in [5.74, 6) is 0.456. The Morgan fingerprint density at radius 1 is 1.26 bits per heavy atom. The maximum Gasteiger partial charge on any atom is 0.256 e. The number of nitrogens with zero attached hydrogens (tertiary/aromatic N) is 3. The summed E-state index contributed by atoms with van der Waals surface area (Å²) in [7, 11) is 2.34. The fourth-order valence-corrected chi connectivity index (χ4v) is 3.51. The van der Waals surface area contributed by atoms with Crippen LogP contribution in [0.5, 0.6) is 0 Å². The fourth-order valence-electron chi connectivity index (χ4n) is 3.51. The molecule has 146 valence electrons. The molecule has 27 heavy (non-hydrogen) atoms. The van der Waals surface area contributed by atoms with Gasteiger partial charge < -0.3 is 38.7 Å². The standard InChI is InChI=1S/C21H28N4O.HI/c1-5-25(4)14-13-24(15-17(25)3)19-11-9-18(10-12-19)21(26)23-20-8-6-7-16(2)22-20;/h6-12,17H,5,13-15H2,1-4H3;1H/t17-,25?;/m1./s1. The lowest BCUT2D eigenvalue weighted by molar-refractivity contribution is -0.930. The van der Waals surface area contributed by atoms with Crippen LogP contribution < -0.4 is 34.2 Å². The molecule has 1 aliphatic rings. The Hall–Kier alpha value is -1.67. The molecule has 1 amide bonds. The number of halogens is 1. The smallest absolute Gasteiger partial charge is 0.256 e. The van der Waals surface area contributed by atoms with Crippen molar-refractivity contribution in [3.63, 3.8) is 0 Å². The Kier molecular flexibility index (Phi) is 7.22. The molecule has 1 fully saturated rings. The molecule has 0 aliphatic carbocycles. The Morgan fingerprint density at radius 3 is 2.56 bits per heavy atom. The predicted octanol–water partition coefficient (Wildman–Crippen LogP) is 0.321. The fraction of sp³-hybridized carbons (Fsp3) is 0.429. The molecule has 0 spiro atoms. The van der Waals surface area contributed by atoms with E-state index in [-0.39, 0.29) is 29.9 Å². The minimum absolute atomic E-state index is 0. The van der Waals surface area contributed by atoms with Gasteiger partial charge in [-0.15, -0.1) is 0 Å². The highest BCUT2D eigenvalue weighted by Crippen LogP contribution is 2.23. The number of quaternary nitrogens is 1. The first-order valence-corrected chi connectivity index (χ1v) is 9.35. The molecule has 5 nitrogen and oxygen atoms in total. The van der Waals surface area contributed by atoms with Gasteiger partial charge in [0, 0.05) is 16.9 Å². The van der Waals surface area contributed by atoms with Crippen molar-refractivity contribution in [1.82, 2.24) is 4.98 Å². The van der Waals surface area contributed by atoms with Crippen LogP contribution in [0, 0.1) is 6.92 Å². The molecule has 3 rings (SSSR count). The van der Waals surface area contributed by atoms with E-state index in [4.69, 9.17) is 0 Å². The van der Waals surface area contributed by atoms with Crippen LogP contribution in [0.3, 0.4) is 0 Å². The van der Waals surface area contributed by atoms with Gasteiger partial charge in [-0.2, -0.15) is 0 Å². The summed E-state index contributed by atoms with van der Waals surface area (Å²) in [6.45, 7) is 10.9. The van der Waals surface area contributed by atoms with Crippen molar-refractivity contribution in [1.29, 1.82) is 0 Å². The summed E-state index contributed by atoms with van der Waals surface area (Å²) in [4.78, 5) is 19.2. The summed E-state index contributed by atoms with van der Waals surface area (Å²) < 4.78 is 1.13. The van der Waals surface area contributed by atoms with Crippen molar-refractivity contribution in [2.45, 2.75) is 26.8 Å². The molecule has 2 heterocycles. The Bertz CT molecular complexity index is 780. The van der Waals surface area contributed by atoms with Crippen molar-refractivity contribution in [3.8, 4) is 0 Å². The number of likely N-dealkylation sites (N-methyl/N-ethyl adjacent to an activating group) is 1. The number of aromatic nitrogens is 1. The molecule has 1 aliphatic heterocycles. The van der Waals surface area contributed by atoms with Gasteiger partial charge in [0.15, 0.2) is 0 Å². The molecular weight excluding hydrogens is 451 g/mol. The number of pyridine rings is 1. The second-order valence-corrected chi connectivity index (χ2v) is 7.48. The number of hydrogen-bond acceptors (Lipinski definition) is 3. The van der Waals surface area contributed by atoms with Crippen LogP contribution in [-0.4, -0.2) is 54.6 Å². The Morgan fingerprint density at radius 2 is 1.96 bits per heavy atom. The lowest BCUT2D eigenvalue weighted by Gasteiger charge is -2.47.